The molecule has 3 unspecified atom stereocenters. The molecule has 15 heavy (non-hydrogen) atoms. The van der Waals surface area contributed by atoms with E-state index in [1.165, 1.54) is 19.5 Å². The van der Waals surface area contributed by atoms with Crippen LogP contribution in [0.25, 0.3) is 0 Å². The van der Waals surface area contributed by atoms with Gasteiger partial charge in [0.2, 0.25) is 0 Å². The molecule has 0 spiro atoms. The summed E-state index contributed by atoms with van der Waals surface area (Å²) >= 11 is 0. The number of rotatable bonds is 4. The monoisotopic (exact) mass is 212 g/mol. The zero-order valence-electron chi connectivity index (χ0n) is 11.1. The molecule has 2 nitrogen and oxygen atoms in total. The second kappa shape index (κ2) is 5.86. The van der Waals surface area contributed by atoms with Crippen LogP contribution in [0.3, 0.4) is 0 Å². The normalized spacial score (nSPS) is 30.8. The second-order valence-electron chi connectivity index (χ2n) is 5.60. The van der Waals surface area contributed by atoms with Crippen LogP contribution in [0.5, 0.6) is 0 Å². The Bertz CT molecular complexity index is 179. The summed E-state index contributed by atoms with van der Waals surface area (Å²) in [5.74, 6) is 1.58. The van der Waals surface area contributed by atoms with Crippen LogP contribution in [-0.2, 0) is 0 Å². The number of nitrogens with zero attached hydrogens (tertiary/aromatic N) is 1. The van der Waals surface area contributed by atoms with Gasteiger partial charge in [-0.25, -0.2) is 0 Å². The van der Waals surface area contributed by atoms with Crippen LogP contribution in [0.2, 0.25) is 0 Å². The standard InChI is InChI=1S/C13H28N2/c1-6-11(4)13-9-15(8-10(2)3)12(5)7-14-13/h10-14H,6-9H2,1-5H3. The molecule has 1 saturated heterocycles. The Labute approximate surface area is 95.4 Å². The summed E-state index contributed by atoms with van der Waals surface area (Å²) in [4.78, 5) is 2.65. The van der Waals surface area contributed by atoms with Crippen molar-refractivity contribution in [1.82, 2.24) is 10.2 Å². The van der Waals surface area contributed by atoms with Crippen molar-refractivity contribution in [3.8, 4) is 0 Å². The quantitative estimate of drug-likeness (QED) is 0.769. The van der Waals surface area contributed by atoms with E-state index in [-0.39, 0.29) is 0 Å². The van der Waals surface area contributed by atoms with E-state index in [0.29, 0.717) is 12.1 Å². The topological polar surface area (TPSA) is 15.3 Å². The van der Waals surface area contributed by atoms with E-state index in [0.717, 1.165) is 18.4 Å². The minimum Gasteiger partial charge on any atom is -0.311 e. The van der Waals surface area contributed by atoms with Crippen LogP contribution in [-0.4, -0.2) is 36.6 Å². The maximum Gasteiger partial charge on any atom is 0.0221 e. The van der Waals surface area contributed by atoms with Gasteiger partial charge < -0.3 is 5.32 Å². The van der Waals surface area contributed by atoms with Crippen molar-refractivity contribution in [2.45, 2.75) is 53.1 Å². The van der Waals surface area contributed by atoms with E-state index in [1.807, 2.05) is 0 Å². The van der Waals surface area contributed by atoms with Gasteiger partial charge in [-0.3, -0.25) is 4.90 Å². The Hall–Kier alpha value is -0.0800. The molecule has 0 aliphatic carbocycles. The van der Waals surface area contributed by atoms with E-state index in [9.17, 15) is 0 Å². The van der Waals surface area contributed by atoms with E-state index < -0.39 is 0 Å². The van der Waals surface area contributed by atoms with Crippen molar-refractivity contribution in [2.24, 2.45) is 11.8 Å². The number of hydrogen-bond donors (Lipinski definition) is 1. The smallest absolute Gasteiger partial charge is 0.0221 e. The molecule has 2 heteroatoms. The van der Waals surface area contributed by atoms with Gasteiger partial charge in [0.25, 0.3) is 0 Å². The molecule has 0 aromatic heterocycles. The van der Waals surface area contributed by atoms with E-state index >= 15 is 0 Å². The zero-order chi connectivity index (χ0) is 11.4. The lowest BCUT2D eigenvalue weighted by Crippen LogP contribution is -2.57. The first kappa shape index (κ1) is 13.0. The lowest BCUT2D eigenvalue weighted by Gasteiger charge is -2.41. The fourth-order valence-electron chi connectivity index (χ4n) is 2.34. The molecule has 0 aromatic rings. The molecule has 90 valence electrons. The molecule has 1 aliphatic heterocycles. The number of nitrogens with one attached hydrogen (secondary N) is 1. The van der Waals surface area contributed by atoms with Crippen LogP contribution in [0.1, 0.15) is 41.0 Å². The summed E-state index contributed by atoms with van der Waals surface area (Å²) < 4.78 is 0. The van der Waals surface area contributed by atoms with E-state index in [2.05, 4.69) is 44.8 Å². The van der Waals surface area contributed by atoms with Crippen molar-refractivity contribution < 1.29 is 0 Å². The summed E-state index contributed by atoms with van der Waals surface area (Å²) in [5.41, 5.74) is 0. The third-order valence-corrected chi connectivity index (χ3v) is 3.66. The van der Waals surface area contributed by atoms with Gasteiger partial charge >= 0.3 is 0 Å². The van der Waals surface area contributed by atoms with Crippen molar-refractivity contribution in [1.29, 1.82) is 0 Å². The van der Waals surface area contributed by atoms with Gasteiger partial charge in [0, 0.05) is 31.7 Å². The van der Waals surface area contributed by atoms with E-state index in [1.54, 1.807) is 0 Å². The summed E-state index contributed by atoms with van der Waals surface area (Å²) in [7, 11) is 0. The summed E-state index contributed by atoms with van der Waals surface area (Å²) in [6.07, 6.45) is 1.28. The molecule has 0 radical (unpaired) electrons. The van der Waals surface area contributed by atoms with Crippen molar-refractivity contribution in [2.75, 3.05) is 19.6 Å². The summed E-state index contributed by atoms with van der Waals surface area (Å²) in [6.45, 7) is 15.2. The molecule has 1 aliphatic rings. The van der Waals surface area contributed by atoms with E-state index in [4.69, 9.17) is 0 Å². The highest BCUT2D eigenvalue weighted by Gasteiger charge is 2.27. The first-order valence-electron chi connectivity index (χ1n) is 6.52. The Morgan fingerprint density at radius 3 is 2.53 bits per heavy atom. The van der Waals surface area contributed by atoms with Gasteiger partial charge in [0.1, 0.15) is 0 Å². The SMILES string of the molecule is CCC(C)C1CN(CC(C)C)C(C)CN1. The largest absolute Gasteiger partial charge is 0.311 e. The third-order valence-electron chi connectivity index (χ3n) is 3.66. The molecule has 1 fully saturated rings. The van der Waals surface area contributed by atoms with Crippen LogP contribution in [0, 0.1) is 11.8 Å². The maximum atomic E-state index is 3.68. The van der Waals surface area contributed by atoms with Gasteiger partial charge in [0.05, 0.1) is 0 Å². The van der Waals surface area contributed by atoms with Gasteiger partial charge in [-0.15, -0.1) is 0 Å². The number of hydrogen-bond acceptors (Lipinski definition) is 2. The zero-order valence-corrected chi connectivity index (χ0v) is 11.1. The van der Waals surface area contributed by atoms with Gasteiger partial charge in [0.15, 0.2) is 0 Å². The van der Waals surface area contributed by atoms with Crippen molar-refractivity contribution in [3.63, 3.8) is 0 Å². The van der Waals surface area contributed by atoms with Crippen molar-refractivity contribution >= 4 is 0 Å². The Morgan fingerprint density at radius 2 is 2.00 bits per heavy atom. The molecule has 0 amide bonds. The summed E-state index contributed by atoms with van der Waals surface area (Å²) in [6, 6.07) is 1.40. The molecule has 1 N–H and O–H groups in total. The highest BCUT2D eigenvalue weighted by molar-refractivity contribution is 4.86. The maximum absolute atomic E-state index is 3.68. The predicted molar refractivity (Wildman–Crippen MR) is 67.1 cm³/mol. The molecule has 0 bridgehead atoms. The second-order valence-corrected chi connectivity index (χ2v) is 5.60. The first-order chi connectivity index (χ1) is 7.04. The Balaban J connectivity index is 2.48. The molecule has 1 heterocycles. The molecule has 0 saturated carbocycles. The Kier molecular flexibility index (Phi) is 5.07. The molecule has 3 atom stereocenters. The number of piperazine rings is 1. The minimum absolute atomic E-state index is 0.699. The fraction of sp³-hybridized carbons (Fsp3) is 1.00. The van der Waals surface area contributed by atoms with Crippen LogP contribution >= 0.6 is 0 Å². The highest BCUT2D eigenvalue weighted by atomic mass is 15.2. The van der Waals surface area contributed by atoms with Crippen LogP contribution in [0.15, 0.2) is 0 Å². The third kappa shape index (κ3) is 3.76. The molecule has 0 aromatic carbocycles. The Morgan fingerprint density at radius 1 is 1.33 bits per heavy atom. The predicted octanol–water partition coefficient (Wildman–Crippen LogP) is 2.35. The minimum atomic E-state index is 0.699. The molecular formula is C13H28N2. The van der Waals surface area contributed by atoms with Gasteiger partial charge in [-0.05, 0) is 18.8 Å². The van der Waals surface area contributed by atoms with Crippen LogP contribution in [0.4, 0.5) is 0 Å². The molecule has 1 rings (SSSR count). The van der Waals surface area contributed by atoms with Gasteiger partial charge in [-0.2, -0.15) is 0 Å². The highest BCUT2D eigenvalue weighted by Crippen LogP contribution is 2.16. The molecular weight excluding hydrogens is 184 g/mol. The first-order valence-corrected chi connectivity index (χ1v) is 6.52. The average Bonchev–Trinajstić information content (AvgIpc) is 2.19. The lowest BCUT2D eigenvalue weighted by atomic mass is 9.95. The van der Waals surface area contributed by atoms with Crippen molar-refractivity contribution in [3.05, 3.63) is 0 Å². The lowest BCUT2D eigenvalue weighted by molar-refractivity contribution is 0.106. The summed E-state index contributed by atoms with van der Waals surface area (Å²) in [5, 5.41) is 3.68. The average molecular weight is 212 g/mol. The van der Waals surface area contributed by atoms with Gasteiger partial charge in [-0.1, -0.05) is 34.1 Å². The fourth-order valence-corrected chi connectivity index (χ4v) is 2.34. The van der Waals surface area contributed by atoms with Crippen LogP contribution < -0.4 is 5.32 Å².